The topological polar surface area (TPSA) is 75.8 Å². The molecule has 2 aromatic carbocycles. The Kier molecular flexibility index (Phi) is 5.20. The SMILES string of the molecule is NS(=O)(=O)c1ccc(N=C2CSC3(CCCCC3)N2c2ccc(F)cc2)cc1. The molecular formula is C20H22FN3O2S2. The number of sulfonamides is 1. The normalized spacial score (nSPS) is 20.8. The second-order valence-corrected chi connectivity index (χ2v) is 10.1. The number of hydrogen-bond acceptors (Lipinski definition) is 4. The smallest absolute Gasteiger partial charge is 0.238 e. The number of halogens is 1. The van der Waals surface area contributed by atoms with E-state index < -0.39 is 10.0 Å². The highest BCUT2D eigenvalue weighted by Crippen LogP contribution is 2.49. The van der Waals surface area contributed by atoms with Gasteiger partial charge in [0.05, 0.1) is 21.2 Å². The van der Waals surface area contributed by atoms with Crippen molar-refractivity contribution in [3.05, 3.63) is 54.3 Å². The van der Waals surface area contributed by atoms with Gasteiger partial charge in [0.1, 0.15) is 11.7 Å². The molecule has 1 saturated carbocycles. The molecule has 4 rings (SSSR count). The van der Waals surface area contributed by atoms with E-state index in [-0.39, 0.29) is 15.6 Å². The number of nitrogens with two attached hydrogens (primary N) is 1. The minimum atomic E-state index is -3.73. The number of primary sulfonamides is 1. The Balaban J connectivity index is 1.72. The molecule has 28 heavy (non-hydrogen) atoms. The van der Waals surface area contributed by atoms with Gasteiger partial charge in [0.15, 0.2) is 0 Å². The third kappa shape index (κ3) is 3.81. The van der Waals surface area contributed by atoms with Crippen molar-refractivity contribution in [1.82, 2.24) is 0 Å². The van der Waals surface area contributed by atoms with Gasteiger partial charge in [0.2, 0.25) is 10.0 Å². The number of aliphatic imine (C=N–C) groups is 1. The number of benzene rings is 2. The first-order valence-electron chi connectivity index (χ1n) is 9.28. The highest BCUT2D eigenvalue weighted by atomic mass is 32.2. The third-order valence-corrected chi connectivity index (χ3v) is 7.74. The number of amidine groups is 1. The lowest BCUT2D eigenvalue weighted by molar-refractivity contribution is 0.410. The molecule has 0 aromatic heterocycles. The predicted octanol–water partition coefficient (Wildman–Crippen LogP) is 4.42. The fourth-order valence-electron chi connectivity index (χ4n) is 3.95. The highest BCUT2D eigenvalue weighted by molar-refractivity contribution is 8.02. The highest BCUT2D eigenvalue weighted by Gasteiger charge is 2.46. The van der Waals surface area contributed by atoms with Crippen LogP contribution in [-0.4, -0.2) is 24.9 Å². The van der Waals surface area contributed by atoms with Gasteiger partial charge >= 0.3 is 0 Å². The predicted molar refractivity (Wildman–Crippen MR) is 112 cm³/mol. The van der Waals surface area contributed by atoms with Crippen molar-refractivity contribution in [2.75, 3.05) is 10.7 Å². The summed E-state index contributed by atoms with van der Waals surface area (Å²) >= 11 is 1.89. The lowest BCUT2D eigenvalue weighted by atomic mass is 9.93. The summed E-state index contributed by atoms with van der Waals surface area (Å²) in [4.78, 5) is 7.08. The maximum Gasteiger partial charge on any atom is 0.238 e. The molecule has 1 heterocycles. The van der Waals surface area contributed by atoms with Crippen molar-refractivity contribution in [3.63, 3.8) is 0 Å². The van der Waals surface area contributed by atoms with E-state index in [0.717, 1.165) is 30.1 Å². The molecule has 148 valence electrons. The Morgan fingerprint density at radius 2 is 1.64 bits per heavy atom. The molecule has 8 heteroatoms. The van der Waals surface area contributed by atoms with E-state index in [1.54, 1.807) is 24.3 Å². The van der Waals surface area contributed by atoms with Crippen LogP contribution < -0.4 is 10.0 Å². The number of rotatable bonds is 3. The molecule has 0 bridgehead atoms. The fraction of sp³-hybridized carbons (Fsp3) is 0.350. The average Bonchev–Trinajstić information content (AvgIpc) is 3.00. The summed E-state index contributed by atoms with van der Waals surface area (Å²) in [5.74, 6) is 1.40. The van der Waals surface area contributed by atoms with Gasteiger partial charge in [-0.25, -0.2) is 22.9 Å². The number of thioether (sulfide) groups is 1. The Morgan fingerprint density at radius 1 is 1.00 bits per heavy atom. The summed E-state index contributed by atoms with van der Waals surface area (Å²) in [6, 6.07) is 12.8. The summed E-state index contributed by atoms with van der Waals surface area (Å²) in [7, 11) is -3.73. The van der Waals surface area contributed by atoms with Crippen LogP contribution in [0, 0.1) is 5.82 Å². The van der Waals surface area contributed by atoms with E-state index in [2.05, 4.69) is 4.90 Å². The molecule has 1 aliphatic heterocycles. The first-order chi connectivity index (χ1) is 13.4. The minimum absolute atomic E-state index is 0.0462. The Hall–Kier alpha value is -1.90. The van der Waals surface area contributed by atoms with Crippen molar-refractivity contribution in [2.24, 2.45) is 10.1 Å². The maximum atomic E-state index is 13.5. The maximum absolute atomic E-state index is 13.5. The van der Waals surface area contributed by atoms with Crippen LogP contribution in [0.15, 0.2) is 58.4 Å². The zero-order valence-electron chi connectivity index (χ0n) is 15.3. The number of anilines is 1. The first-order valence-corrected chi connectivity index (χ1v) is 11.8. The van der Waals surface area contributed by atoms with Crippen molar-refractivity contribution in [1.29, 1.82) is 0 Å². The van der Waals surface area contributed by atoms with E-state index in [0.29, 0.717) is 5.69 Å². The first kappa shape index (κ1) is 19.4. The van der Waals surface area contributed by atoms with Crippen LogP contribution in [0.25, 0.3) is 0 Å². The second-order valence-electron chi connectivity index (χ2n) is 7.17. The van der Waals surface area contributed by atoms with Crippen LogP contribution in [-0.2, 0) is 10.0 Å². The molecule has 2 aliphatic rings. The zero-order valence-corrected chi connectivity index (χ0v) is 17.0. The summed E-state index contributed by atoms with van der Waals surface area (Å²) in [5, 5.41) is 5.17. The van der Waals surface area contributed by atoms with Gasteiger partial charge in [0, 0.05) is 5.69 Å². The summed E-state index contributed by atoms with van der Waals surface area (Å²) in [6.45, 7) is 0. The van der Waals surface area contributed by atoms with E-state index in [1.807, 2.05) is 11.8 Å². The largest absolute Gasteiger partial charge is 0.314 e. The summed E-state index contributed by atoms with van der Waals surface area (Å²) in [6.07, 6.45) is 5.71. The monoisotopic (exact) mass is 419 g/mol. The molecule has 2 aromatic rings. The number of hydrogen-bond donors (Lipinski definition) is 1. The molecule has 0 atom stereocenters. The van der Waals surface area contributed by atoms with Crippen LogP contribution in [0.3, 0.4) is 0 Å². The molecule has 0 radical (unpaired) electrons. The molecule has 2 N–H and O–H groups in total. The molecule has 0 unspecified atom stereocenters. The van der Waals surface area contributed by atoms with Gasteiger partial charge in [-0.2, -0.15) is 0 Å². The van der Waals surface area contributed by atoms with E-state index in [1.165, 1.54) is 43.5 Å². The average molecular weight is 420 g/mol. The van der Waals surface area contributed by atoms with E-state index >= 15 is 0 Å². The van der Waals surface area contributed by atoms with Crippen LogP contribution in [0.4, 0.5) is 15.8 Å². The van der Waals surface area contributed by atoms with Crippen LogP contribution >= 0.6 is 11.8 Å². The molecule has 0 amide bonds. The molecule has 1 saturated heterocycles. The zero-order chi connectivity index (χ0) is 19.8. The Morgan fingerprint density at radius 3 is 2.25 bits per heavy atom. The van der Waals surface area contributed by atoms with Gasteiger partial charge < -0.3 is 4.90 Å². The van der Waals surface area contributed by atoms with Gasteiger partial charge in [0.25, 0.3) is 0 Å². The minimum Gasteiger partial charge on any atom is -0.314 e. The van der Waals surface area contributed by atoms with Crippen molar-refractivity contribution >= 4 is 39.0 Å². The van der Waals surface area contributed by atoms with Crippen LogP contribution in [0.5, 0.6) is 0 Å². The molecule has 5 nitrogen and oxygen atoms in total. The quantitative estimate of drug-likeness (QED) is 0.799. The van der Waals surface area contributed by atoms with Gasteiger partial charge in [-0.1, -0.05) is 19.3 Å². The van der Waals surface area contributed by atoms with E-state index in [4.69, 9.17) is 10.1 Å². The summed E-state index contributed by atoms with van der Waals surface area (Å²) < 4.78 is 36.4. The van der Waals surface area contributed by atoms with Crippen LogP contribution in [0.1, 0.15) is 32.1 Å². The van der Waals surface area contributed by atoms with Crippen molar-refractivity contribution < 1.29 is 12.8 Å². The van der Waals surface area contributed by atoms with Crippen molar-refractivity contribution in [3.8, 4) is 0 Å². The lowest BCUT2D eigenvalue weighted by Gasteiger charge is -2.41. The molecule has 1 aliphatic carbocycles. The van der Waals surface area contributed by atoms with Crippen molar-refractivity contribution in [2.45, 2.75) is 41.9 Å². The lowest BCUT2D eigenvalue weighted by Crippen LogP contribution is -2.46. The van der Waals surface area contributed by atoms with E-state index in [9.17, 15) is 12.8 Å². The summed E-state index contributed by atoms with van der Waals surface area (Å²) in [5.41, 5.74) is 1.61. The van der Waals surface area contributed by atoms with Gasteiger partial charge in [-0.3, -0.25) is 0 Å². The van der Waals surface area contributed by atoms with Gasteiger partial charge in [-0.05, 0) is 61.4 Å². The van der Waals surface area contributed by atoms with Gasteiger partial charge in [-0.15, -0.1) is 11.8 Å². The Bertz CT molecular complexity index is 983. The fourth-order valence-corrected chi connectivity index (χ4v) is 5.98. The molecule has 1 spiro atoms. The molecule has 2 fully saturated rings. The third-order valence-electron chi connectivity index (χ3n) is 5.28. The standard InChI is InChI=1S/C20H22FN3O2S2/c21-15-4-8-17(9-5-15)24-19(14-27-20(24)12-2-1-3-13-20)23-16-6-10-18(11-7-16)28(22,25)26/h4-11H,1-3,12-14H2,(H2,22,25,26). The molecular weight excluding hydrogens is 397 g/mol. The number of nitrogens with zero attached hydrogens (tertiary/aromatic N) is 2. The van der Waals surface area contributed by atoms with Crippen LogP contribution in [0.2, 0.25) is 0 Å². The second kappa shape index (κ2) is 7.50. The Labute approximate surface area is 168 Å².